The largest absolute Gasteiger partial charge is 0.356 e. The van der Waals surface area contributed by atoms with Crippen molar-refractivity contribution in [3.63, 3.8) is 0 Å². The van der Waals surface area contributed by atoms with Crippen molar-refractivity contribution in [3.05, 3.63) is 28.7 Å². The van der Waals surface area contributed by atoms with Gasteiger partial charge in [0.2, 0.25) is 0 Å². The zero-order valence-electron chi connectivity index (χ0n) is 11.6. The maximum absolute atomic E-state index is 6.02. The molecular weight excluding hydrogens is 276 g/mol. The lowest BCUT2D eigenvalue weighted by Gasteiger charge is -2.32. The number of aromatic nitrogens is 5. The van der Waals surface area contributed by atoms with Crippen LogP contribution in [-0.2, 0) is 0 Å². The molecule has 0 radical (unpaired) electrons. The number of hydrogen-bond donors (Lipinski definition) is 1. The van der Waals surface area contributed by atoms with Gasteiger partial charge in [0.15, 0.2) is 5.82 Å². The fourth-order valence-corrected chi connectivity index (χ4v) is 2.84. The van der Waals surface area contributed by atoms with Gasteiger partial charge in [0.25, 0.3) is 0 Å². The van der Waals surface area contributed by atoms with E-state index in [0.717, 1.165) is 43.4 Å². The molecule has 3 heterocycles. The van der Waals surface area contributed by atoms with E-state index in [1.165, 1.54) is 0 Å². The van der Waals surface area contributed by atoms with Gasteiger partial charge >= 0.3 is 0 Å². The maximum atomic E-state index is 6.02. The number of aromatic amines is 1. The summed E-state index contributed by atoms with van der Waals surface area (Å²) in [5, 5.41) is 7.68. The van der Waals surface area contributed by atoms with Crippen molar-refractivity contribution in [3.8, 4) is 0 Å². The number of anilines is 1. The van der Waals surface area contributed by atoms with Crippen LogP contribution in [0.3, 0.4) is 0 Å². The van der Waals surface area contributed by atoms with Gasteiger partial charge in [-0.2, -0.15) is 5.10 Å². The second-order valence-corrected chi connectivity index (χ2v) is 5.55. The molecule has 2 aromatic heterocycles. The highest BCUT2D eigenvalue weighted by Crippen LogP contribution is 2.28. The Bertz CT molecular complexity index is 590. The topological polar surface area (TPSA) is 70.6 Å². The van der Waals surface area contributed by atoms with E-state index in [-0.39, 0.29) is 0 Å². The van der Waals surface area contributed by atoms with Gasteiger partial charge in [0.05, 0.1) is 0 Å². The summed E-state index contributed by atoms with van der Waals surface area (Å²) in [6.45, 7) is 5.62. The first-order valence-electron chi connectivity index (χ1n) is 6.77. The van der Waals surface area contributed by atoms with Crippen LogP contribution in [0.5, 0.6) is 0 Å². The van der Waals surface area contributed by atoms with Gasteiger partial charge in [0, 0.05) is 25.1 Å². The summed E-state index contributed by atoms with van der Waals surface area (Å²) in [7, 11) is 0. The maximum Gasteiger partial charge on any atom is 0.155 e. The molecule has 20 heavy (non-hydrogen) atoms. The normalized spacial score (nSPS) is 19.4. The molecule has 7 heteroatoms. The Hall–Kier alpha value is -1.69. The number of aryl methyl sites for hydroxylation is 2. The summed E-state index contributed by atoms with van der Waals surface area (Å²) in [5.74, 6) is 3.67. The molecule has 0 bridgehead atoms. The number of nitrogens with zero attached hydrogens (tertiary/aromatic N) is 5. The molecule has 1 fully saturated rings. The molecular formula is C13H17ClN6. The predicted molar refractivity (Wildman–Crippen MR) is 77.1 cm³/mol. The van der Waals surface area contributed by atoms with Crippen molar-refractivity contribution < 1.29 is 0 Å². The summed E-state index contributed by atoms with van der Waals surface area (Å²) in [4.78, 5) is 15.3. The minimum absolute atomic E-state index is 0.336. The molecule has 1 aliphatic rings. The Morgan fingerprint density at radius 1 is 1.30 bits per heavy atom. The third-order valence-electron chi connectivity index (χ3n) is 3.52. The van der Waals surface area contributed by atoms with E-state index in [4.69, 9.17) is 11.6 Å². The minimum atomic E-state index is 0.336. The van der Waals surface area contributed by atoms with Gasteiger partial charge in [-0.15, -0.1) is 0 Å². The minimum Gasteiger partial charge on any atom is -0.356 e. The molecule has 0 spiro atoms. The summed E-state index contributed by atoms with van der Waals surface area (Å²) >= 11 is 6.02. The van der Waals surface area contributed by atoms with E-state index < -0.39 is 0 Å². The molecule has 1 saturated heterocycles. The summed E-state index contributed by atoms with van der Waals surface area (Å²) < 4.78 is 0. The van der Waals surface area contributed by atoms with E-state index in [1.54, 1.807) is 0 Å². The van der Waals surface area contributed by atoms with Gasteiger partial charge in [-0.25, -0.2) is 15.0 Å². The number of piperidine rings is 1. The number of hydrogen-bond acceptors (Lipinski definition) is 5. The lowest BCUT2D eigenvalue weighted by Crippen LogP contribution is -2.35. The van der Waals surface area contributed by atoms with E-state index in [9.17, 15) is 0 Å². The lowest BCUT2D eigenvalue weighted by molar-refractivity contribution is 0.489. The fourth-order valence-electron chi connectivity index (χ4n) is 2.62. The summed E-state index contributed by atoms with van der Waals surface area (Å²) in [5.41, 5.74) is 0. The van der Waals surface area contributed by atoms with Gasteiger partial charge in [-0.1, -0.05) is 11.6 Å². The highest BCUT2D eigenvalue weighted by atomic mass is 35.5. The van der Waals surface area contributed by atoms with Gasteiger partial charge < -0.3 is 4.90 Å². The molecule has 106 valence electrons. The number of H-pyrrole nitrogens is 1. The van der Waals surface area contributed by atoms with Crippen LogP contribution in [-0.4, -0.2) is 38.2 Å². The Morgan fingerprint density at radius 3 is 2.85 bits per heavy atom. The standard InChI is InChI=1S/C13H17ClN6/c1-8-15-11(14)6-12(16-8)20-5-3-4-10(7-20)13-17-9(2)18-19-13/h6,10H,3-5,7H2,1-2H3,(H,17,18,19). The Kier molecular flexibility index (Phi) is 3.56. The van der Waals surface area contributed by atoms with Crippen LogP contribution in [0.4, 0.5) is 5.82 Å². The quantitative estimate of drug-likeness (QED) is 0.860. The van der Waals surface area contributed by atoms with E-state index in [1.807, 2.05) is 19.9 Å². The number of halogens is 1. The second-order valence-electron chi connectivity index (χ2n) is 5.16. The van der Waals surface area contributed by atoms with Crippen LogP contribution >= 0.6 is 11.6 Å². The van der Waals surface area contributed by atoms with Crippen LogP contribution in [0.1, 0.15) is 36.2 Å². The molecule has 1 aliphatic heterocycles. The smallest absolute Gasteiger partial charge is 0.155 e. The molecule has 0 saturated carbocycles. The third-order valence-corrected chi connectivity index (χ3v) is 3.71. The first-order valence-corrected chi connectivity index (χ1v) is 7.14. The zero-order chi connectivity index (χ0) is 14.1. The van der Waals surface area contributed by atoms with Crippen molar-refractivity contribution in [2.24, 2.45) is 0 Å². The summed E-state index contributed by atoms with van der Waals surface area (Å²) in [6.07, 6.45) is 2.20. The summed E-state index contributed by atoms with van der Waals surface area (Å²) in [6, 6.07) is 1.82. The van der Waals surface area contributed by atoms with Crippen LogP contribution in [0.2, 0.25) is 5.15 Å². The molecule has 6 nitrogen and oxygen atoms in total. The highest BCUT2D eigenvalue weighted by Gasteiger charge is 2.25. The Morgan fingerprint density at radius 2 is 2.15 bits per heavy atom. The van der Waals surface area contributed by atoms with Crippen molar-refractivity contribution in [1.29, 1.82) is 0 Å². The van der Waals surface area contributed by atoms with Crippen LogP contribution in [0.25, 0.3) is 0 Å². The Balaban J connectivity index is 1.81. The van der Waals surface area contributed by atoms with Crippen molar-refractivity contribution in [2.45, 2.75) is 32.6 Å². The number of rotatable bonds is 2. The predicted octanol–water partition coefficient (Wildman–Crippen LogP) is 2.25. The van der Waals surface area contributed by atoms with E-state index in [2.05, 4.69) is 30.0 Å². The fraction of sp³-hybridized carbons (Fsp3) is 0.538. The third kappa shape index (κ3) is 2.75. The van der Waals surface area contributed by atoms with E-state index in [0.29, 0.717) is 16.9 Å². The van der Waals surface area contributed by atoms with E-state index >= 15 is 0 Å². The van der Waals surface area contributed by atoms with Crippen LogP contribution in [0, 0.1) is 13.8 Å². The van der Waals surface area contributed by atoms with Crippen molar-refractivity contribution in [1.82, 2.24) is 25.1 Å². The first kappa shape index (κ1) is 13.3. The molecule has 0 aliphatic carbocycles. The average Bonchev–Trinajstić information content (AvgIpc) is 2.85. The molecule has 0 amide bonds. The van der Waals surface area contributed by atoms with Crippen molar-refractivity contribution >= 4 is 17.4 Å². The second kappa shape index (κ2) is 5.36. The highest BCUT2D eigenvalue weighted by molar-refractivity contribution is 6.29. The van der Waals surface area contributed by atoms with Crippen LogP contribution < -0.4 is 4.90 Å². The number of nitrogens with one attached hydrogen (secondary N) is 1. The van der Waals surface area contributed by atoms with Crippen LogP contribution in [0.15, 0.2) is 6.07 Å². The Labute approximate surface area is 122 Å². The van der Waals surface area contributed by atoms with Gasteiger partial charge in [0.1, 0.15) is 22.6 Å². The molecule has 1 N–H and O–H groups in total. The lowest BCUT2D eigenvalue weighted by atomic mass is 9.97. The molecule has 3 rings (SSSR count). The monoisotopic (exact) mass is 292 g/mol. The molecule has 1 unspecified atom stereocenters. The van der Waals surface area contributed by atoms with Gasteiger partial charge in [-0.05, 0) is 26.7 Å². The van der Waals surface area contributed by atoms with Crippen molar-refractivity contribution in [2.75, 3.05) is 18.0 Å². The molecule has 2 aromatic rings. The zero-order valence-corrected chi connectivity index (χ0v) is 12.4. The molecule has 1 atom stereocenters. The van der Waals surface area contributed by atoms with Gasteiger partial charge in [-0.3, -0.25) is 5.10 Å². The SMILES string of the molecule is Cc1nc(Cl)cc(N2CCCC(c3n[nH]c(C)n3)C2)n1. The first-order chi connectivity index (χ1) is 9.61. The molecule has 0 aromatic carbocycles. The average molecular weight is 293 g/mol.